The van der Waals surface area contributed by atoms with Crippen LogP contribution in [0.1, 0.15) is 25.5 Å². The Morgan fingerprint density at radius 1 is 1.26 bits per heavy atom. The third kappa shape index (κ3) is 2.65. The van der Waals surface area contributed by atoms with Crippen LogP contribution in [0.25, 0.3) is 16.7 Å². The molecule has 5 rings (SSSR count). The van der Waals surface area contributed by atoms with Gasteiger partial charge in [0.05, 0.1) is 6.26 Å². The molecular formula is C19H19NO3. The number of piperidine rings is 1. The van der Waals surface area contributed by atoms with Crippen LogP contribution in [0.15, 0.2) is 47.2 Å². The molecule has 0 aliphatic carbocycles. The van der Waals surface area contributed by atoms with Gasteiger partial charge in [-0.3, -0.25) is 4.79 Å². The minimum absolute atomic E-state index is 0.310. The molecule has 4 heterocycles. The first-order valence-electron chi connectivity index (χ1n) is 8.03. The Morgan fingerprint density at radius 2 is 2.09 bits per heavy atom. The highest BCUT2D eigenvalue weighted by atomic mass is 16.5. The van der Waals surface area contributed by atoms with Gasteiger partial charge in [-0.25, -0.2) is 0 Å². The molecule has 0 unspecified atom stereocenters. The lowest BCUT2D eigenvalue weighted by Gasteiger charge is -2.38. The van der Waals surface area contributed by atoms with Crippen LogP contribution in [-0.4, -0.2) is 24.0 Å². The smallest absolute Gasteiger partial charge is 0.308 e. The number of esters is 1. The summed E-state index contributed by atoms with van der Waals surface area (Å²) in [6.45, 7) is 3.70. The summed E-state index contributed by atoms with van der Waals surface area (Å²) in [5, 5.41) is 0. The number of hydrogen-bond donors (Lipinski definition) is 0. The SMILES string of the molecule is CC(=O)Oc1cccc(-c2ccoc2C2=CN3CCC2CC3)c1. The molecule has 0 saturated carbocycles. The van der Waals surface area contributed by atoms with E-state index in [-0.39, 0.29) is 5.97 Å². The van der Waals surface area contributed by atoms with Crippen LogP contribution in [-0.2, 0) is 4.79 Å². The minimum atomic E-state index is -0.310. The normalized spacial score (nSPS) is 17.3. The van der Waals surface area contributed by atoms with Crippen molar-refractivity contribution in [3.63, 3.8) is 0 Å². The number of allylic oxidation sites excluding steroid dienone is 1. The Hall–Kier alpha value is -2.49. The summed E-state index contributed by atoms with van der Waals surface area (Å²) in [5.41, 5.74) is 3.35. The summed E-state index contributed by atoms with van der Waals surface area (Å²) in [4.78, 5) is 13.5. The van der Waals surface area contributed by atoms with E-state index in [1.165, 1.54) is 25.3 Å². The highest BCUT2D eigenvalue weighted by Crippen LogP contribution is 2.41. The van der Waals surface area contributed by atoms with Crippen molar-refractivity contribution in [3.8, 4) is 16.9 Å². The van der Waals surface area contributed by atoms with Crippen molar-refractivity contribution in [1.29, 1.82) is 0 Å². The van der Waals surface area contributed by atoms with E-state index in [1.807, 2.05) is 24.3 Å². The lowest BCUT2D eigenvalue weighted by molar-refractivity contribution is -0.131. The maximum Gasteiger partial charge on any atom is 0.308 e. The molecule has 118 valence electrons. The molecule has 2 bridgehead atoms. The fourth-order valence-corrected chi connectivity index (χ4v) is 3.54. The van der Waals surface area contributed by atoms with E-state index in [9.17, 15) is 4.79 Å². The predicted octanol–water partition coefficient (Wildman–Crippen LogP) is 3.94. The van der Waals surface area contributed by atoms with Crippen molar-refractivity contribution >= 4 is 11.5 Å². The van der Waals surface area contributed by atoms with E-state index in [1.54, 1.807) is 12.3 Å². The largest absolute Gasteiger partial charge is 0.464 e. The summed E-state index contributed by atoms with van der Waals surface area (Å²) < 4.78 is 11.0. The van der Waals surface area contributed by atoms with Gasteiger partial charge in [0.1, 0.15) is 11.5 Å². The molecular weight excluding hydrogens is 290 g/mol. The van der Waals surface area contributed by atoms with Gasteiger partial charge >= 0.3 is 5.97 Å². The van der Waals surface area contributed by atoms with Gasteiger partial charge < -0.3 is 14.1 Å². The molecule has 0 N–H and O–H groups in total. The fraction of sp³-hybridized carbons (Fsp3) is 0.316. The Morgan fingerprint density at radius 3 is 2.78 bits per heavy atom. The predicted molar refractivity (Wildman–Crippen MR) is 87.7 cm³/mol. The van der Waals surface area contributed by atoms with Crippen LogP contribution < -0.4 is 4.74 Å². The molecule has 4 nitrogen and oxygen atoms in total. The van der Waals surface area contributed by atoms with Crippen molar-refractivity contribution in [2.75, 3.05) is 13.1 Å². The van der Waals surface area contributed by atoms with Gasteiger partial charge in [-0.05, 0) is 42.5 Å². The number of carbonyl (C=O) groups is 1. The number of fused-ring (bicyclic) bond motifs is 2. The zero-order valence-electron chi connectivity index (χ0n) is 13.1. The van der Waals surface area contributed by atoms with Crippen molar-refractivity contribution in [3.05, 3.63) is 48.6 Å². The molecule has 3 aliphatic rings. The summed E-state index contributed by atoms with van der Waals surface area (Å²) in [5.74, 6) is 1.78. The van der Waals surface area contributed by atoms with Gasteiger partial charge in [-0.2, -0.15) is 0 Å². The number of nitrogens with zero attached hydrogens (tertiary/aromatic N) is 1. The number of carbonyl (C=O) groups excluding carboxylic acids is 1. The molecule has 3 aliphatic heterocycles. The van der Waals surface area contributed by atoms with Crippen molar-refractivity contribution < 1.29 is 13.9 Å². The topological polar surface area (TPSA) is 42.7 Å². The van der Waals surface area contributed by atoms with Crippen LogP contribution in [0.2, 0.25) is 0 Å². The number of benzene rings is 1. The standard InChI is InChI=1S/C19H19NO3/c1-13(21)23-16-4-2-3-15(11-16)17-7-10-22-19(17)18-12-20-8-5-14(18)6-9-20/h2-4,7,10-12,14H,5-6,8-9H2,1H3. The van der Waals surface area contributed by atoms with Gasteiger partial charge in [0, 0.05) is 37.3 Å². The third-order valence-corrected chi connectivity index (χ3v) is 4.63. The van der Waals surface area contributed by atoms with E-state index in [4.69, 9.17) is 9.15 Å². The van der Waals surface area contributed by atoms with E-state index in [0.29, 0.717) is 11.7 Å². The molecule has 2 aromatic rings. The monoisotopic (exact) mass is 309 g/mol. The maximum atomic E-state index is 11.2. The zero-order valence-corrected chi connectivity index (χ0v) is 13.1. The van der Waals surface area contributed by atoms with Crippen molar-refractivity contribution in [2.45, 2.75) is 19.8 Å². The first-order chi connectivity index (χ1) is 11.2. The minimum Gasteiger partial charge on any atom is -0.464 e. The average molecular weight is 309 g/mol. The number of rotatable bonds is 3. The average Bonchev–Trinajstić information content (AvgIpc) is 3.05. The number of ether oxygens (including phenoxy) is 1. The lowest BCUT2D eigenvalue weighted by atomic mass is 9.83. The van der Waals surface area contributed by atoms with Gasteiger partial charge in [-0.1, -0.05) is 12.1 Å². The molecule has 23 heavy (non-hydrogen) atoms. The third-order valence-electron chi connectivity index (χ3n) is 4.63. The van der Waals surface area contributed by atoms with E-state index in [2.05, 4.69) is 11.1 Å². The Labute approximate surface area is 135 Å². The lowest BCUT2D eigenvalue weighted by Crippen LogP contribution is -2.35. The van der Waals surface area contributed by atoms with E-state index < -0.39 is 0 Å². The summed E-state index contributed by atoms with van der Waals surface area (Å²) >= 11 is 0. The van der Waals surface area contributed by atoms with Gasteiger partial charge in [0.15, 0.2) is 0 Å². The Kier molecular flexibility index (Phi) is 3.45. The molecule has 0 radical (unpaired) electrons. The number of furan rings is 1. The fourth-order valence-electron chi connectivity index (χ4n) is 3.54. The molecule has 4 heteroatoms. The second kappa shape index (κ2) is 5.61. The van der Waals surface area contributed by atoms with Gasteiger partial charge in [0.25, 0.3) is 0 Å². The van der Waals surface area contributed by atoms with E-state index >= 15 is 0 Å². The van der Waals surface area contributed by atoms with Gasteiger partial charge in [0.2, 0.25) is 0 Å². The second-order valence-corrected chi connectivity index (χ2v) is 6.18. The maximum absolute atomic E-state index is 11.2. The van der Waals surface area contributed by atoms with Crippen molar-refractivity contribution in [2.24, 2.45) is 5.92 Å². The first kappa shape index (κ1) is 14.1. The highest BCUT2D eigenvalue weighted by Gasteiger charge is 2.30. The molecule has 0 spiro atoms. The van der Waals surface area contributed by atoms with Crippen LogP contribution in [0, 0.1) is 5.92 Å². The first-order valence-corrected chi connectivity index (χ1v) is 8.03. The Bertz CT molecular complexity index is 766. The summed E-state index contributed by atoms with van der Waals surface area (Å²) in [6.07, 6.45) is 6.37. The summed E-state index contributed by atoms with van der Waals surface area (Å²) in [6, 6.07) is 9.58. The van der Waals surface area contributed by atoms with Crippen LogP contribution in [0.3, 0.4) is 0 Å². The molecule has 1 fully saturated rings. The zero-order chi connectivity index (χ0) is 15.8. The van der Waals surface area contributed by atoms with Crippen LogP contribution in [0.4, 0.5) is 0 Å². The van der Waals surface area contributed by atoms with Crippen LogP contribution in [0.5, 0.6) is 5.75 Å². The molecule has 0 amide bonds. The summed E-state index contributed by atoms with van der Waals surface area (Å²) in [7, 11) is 0. The molecule has 1 aromatic carbocycles. The highest BCUT2D eigenvalue weighted by molar-refractivity contribution is 5.80. The Balaban J connectivity index is 1.72. The molecule has 1 saturated heterocycles. The number of hydrogen-bond acceptors (Lipinski definition) is 4. The quantitative estimate of drug-likeness (QED) is 0.636. The molecule has 1 aromatic heterocycles. The van der Waals surface area contributed by atoms with Crippen LogP contribution >= 0.6 is 0 Å². The van der Waals surface area contributed by atoms with E-state index in [0.717, 1.165) is 30.0 Å². The second-order valence-electron chi connectivity index (χ2n) is 6.18. The van der Waals surface area contributed by atoms with Crippen molar-refractivity contribution in [1.82, 2.24) is 4.90 Å². The van der Waals surface area contributed by atoms with Gasteiger partial charge in [-0.15, -0.1) is 0 Å². The molecule has 0 atom stereocenters.